The lowest BCUT2D eigenvalue weighted by atomic mass is 9.82. The molecule has 0 aliphatic heterocycles. The molecule has 4 heteroatoms. The first-order valence-electron chi connectivity index (χ1n) is 9.62. The fourth-order valence-electron chi connectivity index (χ4n) is 3.45. The van der Waals surface area contributed by atoms with Gasteiger partial charge in [0.25, 0.3) is 0 Å². The number of aliphatic hydroxyl groups excluding tert-OH is 2. The Bertz CT molecular complexity index is 499. The lowest BCUT2D eigenvalue weighted by Crippen LogP contribution is -2.32. The van der Waals surface area contributed by atoms with E-state index in [1.807, 2.05) is 37.3 Å². The smallest absolute Gasteiger partial charge is 0.118 e. The monoisotopic (exact) mass is 364 g/mol. The van der Waals surface area contributed by atoms with Gasteiger partial charge in [-0.2, -0.15) is 0 Å². The number of aliphatic hydroxyl groups is 2. The zero-order chi connectivity index (χ0) is 19.5. The molecule has 0 aliphatic rings. The van der Waals surface area contributed by atoms with E-state index in [4.69, 9.17) is 14.6 Å². The standard InChI is InChI=1S/C22H36O4/c1-6-19(7-2)22(17(4)14-16(3)21(24)12-13-23)26-15-18-8-10-20(25-5)11-9-18/h6,8-11,16-17,19,21-24H,1,7,12-15H2,2-5H3/t16-,17-,19+,21+,22-/m1/s1. The molecule has 0 saturated carbocycles. The van der Waals surface area contributed by atoms with Crippen LogP contribution in [-0.4, -0.2) is 36.1 Å². The van der Waals surface area contributed by atoms with Gasteiger partial charge in [-0.25, -0.2) is 0 Å². The third-order valence-corrected chi connectivity index (χ3v) is 5.18. The highest BCUT2D eigenvalue weighted by Gasteiger charge is 2.27. The summed E-state index contributed by atoms with van der Waals surface area (Å²) in [6.45, 7) is 10.9. The minimum Gasteiger partial charge on any atom is -0.497 e. The van der Waals surface area contributed by atoms with Crippen LogP contribution in [0, 0.1) is 17.8 Å². The third-order valence-electron chi connectivity index (χ3n) is 5.18. The van der Waals surface area contributed by atoms with Gasteiger partial charge in [-0.05, 0) is 48.8 Å². The lowest BCUT2D eigenvalue weighted by molar-refractivity contribution is -0.0338. The van der Waals surface area contributed by atoms with Gasteiger partial charge in [0.05, 0.1) is 25.9 Å². The fraction of sp³-hybridized carbons (Fsp3) is 0.636. The van der Waals surface area contributed by atoms with Crippen LogP contribution in [0.15, 0.2) is 36.9 Å². The zero-order valence-corrected chi connectivity index (χ0v) is 16.7. The lowest BCUT2D eigenvalue weighted by Gasteiger charge is -2.32. The van der Waals surface area contributed by atoms with Gasteiger partial charge in [0.15, 0.2) is 0 Å². The summed E-state index contributed by atoms with van der Waals surface area (Å²) in [5, 5.41) is 19.2. The second kappa shape index (κ2) is 12.1. The van der Waals surface area contributed by atoms with Crippen molar-refractivity contribution >= 4 is 0 Å². The molecule has 0 spiro atoms. The molecule has 1 aromatic carbocycles. The molecule has 4 nitrogen and oxygen atoms in total. The summed E-state index contributed by atoms with van der Waals surface area (Å²) < 4.78 is 11.5. The van der Waals surface area contributed by atoms with Gasteiger partial charge < -0.3 is 19.7 Å². The molecule has 2 N–H and O–H groups in total. The Kier molecular flexibility index (Phi) is 10.6. The minimum atomic E-state index is -0.478. The summed E-state index contributed by atoms with van der Waals surface area (Å²) in [6, 6.07) is 7.91. The summed E-state index contributed by atoms with van der Waals surface area (Å²) in [5.41, 5.74) is 1.11. The maximum atomic E-state index is 10.1. The van der Waals surface area contributed by atoms with Gasteiger partial charge in [-0.15, -0.1) is 6.58 Å². The first-order valence-corrected chi connectivity index (χ1v) is 9.62. The van der Waals surface area contributed by atoms with E-state index in [1.165, 1.54) is 0 Å². The van der Waals surface area contributed by atoms with E-state index in [-0.39, 0.29) is 30.5 Å². The second-order valence-electron chi connectivity index (χ2n) is 7.20. The van der Waals surface area contributed by atoms with Crippen LogP contribution >= 0.6 is 0 Å². The third kappa shape index (κ3) is 7.10. The van der Waals surface area contributed by atoms with Gasteiger partial charge in [0, 0.05) is 12.5 Å². The molecule has 0 radical (unpaired) electrons. The van der Waals surface area contributed by atoms with Crippen LogP contribution in [0.3, 0.4) is 0 Å². The molecule has 0 saturated heterocycles. The molecule has 1 aromatic rings. The van der Waals surface area contributed by atoms with E-state index in [9.17, 15) is 5.11 Å². The number of hydrogen-bond acceptors (Lipinski definition) is 4. The average molecular weight is 365 g/mol. The van der Waals surface area contributed by atoms with Gasteiger partial charge in [0.1, 0.15) is 5.75 Å². The summed E-state index contributed by atoms with van der Waals surface area (Å²) in [7, 11) is 1.66. The van der Waals surface area contributed by atoms with Crippen molar-refractivity contribution in [3.8, 4) is 5.75 Å². The van der Waals surface area contributed by atoms with Crippen LogP contribution in [0.5, 0.6) is 5.75 Å². The average Bonchev–Trinajstić information content (AvgIpc) is 2.65. The molecule has 0 aromatic heterocycles. The van der Waals surface area contributed by atoms with Crippen molar-refractivity contribution in [2.75, 3.05) is 13.7 Å². The van der Waals surface area contributed by atoms with Gasteiger partial charge >= 0.3 is 0 Å². The van der Waals surface area contributed by atoms with Crippen LogP contribution in [0.2, 0.25) is 0 Å². The molecule has 1 rings (SSSR count). The quantitative estimate of drug-likeness (QED) is 0.515. The fourth-order valence-corrected chi connectivity index (χ4v) is 3.45. The Morgan fingerprint density at radius 3 is 2.31 bits per heavy atom. The highest BCUT2D eigenvalue weighted by atomic mass is 16.5. The van der Waals surface area contributed by atoms with E-state index in [0.717, 1.165) is 24.2 Å². The molecule has 0 fully saturated rings. The van der Waals surface area contributed by atoms with Crippen molar-refractivity contribution in [2.24, 2.45) is 17.8 Å². The maximum absolute atomic E-state index is 10.1. The zero-order valence-electron chi connectivity index (χ0n) is 16.7. The van der Waals surface area contributed by atoms with E-state index in [0.29, 0.717) is 13.0 Å². The highest BCUT2D eigenvalue weighted by molar-refractivity contribution is 5.26. The second-order valence-corrected chi connectivity index (χ2v) is 7.20. The predicted molar refractivity (Wildman–Crippen MR) is 106 cm³/mol. The molecule has 0 heterocycles. The molecule has 5 atom stereocenters. The summed E-state index contributed by atoms with van der Waals surface area (Å²) in [4.78, 5) is 0. The molecule has 148 valence electrons. The number of ether oxygens (including phenoxy) is 2. The van der Waals surface area contributed by atoms with Crippen molar-refractivity contribution in [1.82, 2.24) is 0 Å². The van der Waals surface area contributed by atoms with E-state index in [2.05, 4.69) is 20.4 Å². The van der Waals surface area contributed by atoms with Crippen LogP contribution in [-0.2, 0) is 11.3 Å². The van der Waals surface area contributed by atoms with Crippen LogP contribution in [0.4, 0.5) is 0 Å². The molecule has 0 bridgehead atoms. The summed E-state index contributed by atoms with van der Waals surface area (Å²) in [6.07, 6.45) is 3.78. The normalized spacial score (nSPS) is 17.2. The van der Waals surface area contributed by atoms with Crippen molar-refractivity contribution in [2.45, 2.75) is 58.8 Å². The van der Waals surface area contributed by atoms with Crippen molar-refractivity contribution in [3.05, 3.63) is 42.5 Å². The maximum Gasteiger partial charge on any atom is 0.118 e. The largest absolute Gasteiger partial charge is 0.497 e. The Morgan fingerprint density at radius 2 is 1.81 bits per heavy atom. The summed E-state index contributed by atoms with van der Waals surface area (Å²) >= 11 is 0. The van der Waals surface area contributed by atoms with E-state index in [1.54, 1.807) is 7.11 Å². The topological polar surface area (TPSA) is 58.9 Å². The minimum absolute atomic E-state index is 0.0154. The molecular formula is C22H36O4. The van der Waals surface area contributed by atoms with Crippen LogP contribution < -0.4 is 4.74 Å². The summed E-state index contributed by atoms with van der Waals surface area (Å²) in [5.74, 6) is 1.50. The van der Waals surface area contributed by atoms with Crippen LogP contribution in [0.25, 0.3) is 0 Å². The Balaban J connectivity index is 2.74. The predicted octanol–water partition coefficient (Wildman–Crippen LogP) is 4.20. The number of hydrogen-bond donors (Lipinski definition) is 2. The van der Waals surface area contributed by atoms with Crippen molar-refractivity contribution in [1.29, 1.82) is 0 Å². The first kappa shape index (κ1) is 22.7. The Morgan fingerprint density at radius 1 is 1.15 bits per heavy atom. The molecule has 0 aliphatic carbocycles. The number of methoxy groups -OCH3 is 1. The molecule has 0 amide bonds. The Hall–Kier alpha value is -1.36. The number of benzene rings is 1. The molecule has 26 heavy (non-hydrogen) atoms. The van der Waals surface area contributed by atoms with Crippen molar-refractivity contribution in [3.63, 3.8) is 0 Å². The molecule has 0 unspecified atom stereocenters. The first-order chi connectivity index (χ1) is 12.5. The van der Waals surface area contributed by atoms with Gasteiger partial charge in [0.2, 0.25) is 0 Å². The highest BCUT2D eigenvalue weighted by Crippen LogP contribution is 2.29. The van der Waals surface area contributed by atoms with Crippen LogP contribution in [0.1, 0.15) is 45.6 Å². The van der Waals surface area contributed by atoms with Gasteiger partial charge in [-0.1, -0.05) is 39.0 Å². The Labute approximate surface area is 158 Å². The van der Waals surface area contributed by atoms with Gasteiger partial charge in [-0.3, -0.25) is 0 Å². The van der Waals surface area contributed by atoms with E-state index < -0.39 is 6.10 Å². The SMILES string of the molecule is C=C[C@@H](CC)[C@H](OCc1ccc(OC)cc1)[C@H](C)C[C@@H](C)[C@@H](O)CCO. The van der Waals surface area contributed by atoms with Crippen molar-refractivity contribution < 1.29 is 19.7 Å². The molecular weight excluding hydrogens is 328 g/mol. The van der Waals surface area contributed by atoms with E-state index >= 15 is 0 Å². The number of rotatable bonds is 13.